The molecule has 228 valence electrons. The predicted molar refractivity (Wildman–Crippen MR) is 151 cm³/mol. The van der Waals surface area contributed by atoms with Crippen molar-refractivity contribution in [1.82, 2.24) is 14.9 Å². The molecule has 0 saturated heterocycles. The molecule has 2 heterocycles. The number of carbonyl (C=O) groups excluding carboxylic acids is 1. The first-order chi connectivity index (χ1) is 20.3. The molecule has 1 unspecified atom stereocenters. The normalized spacial score (nSPS) is 24.1. The van der Waals surface area contributed by atoms with Gasteiger partial charge in [-0.15, -0.1) is 0 Å². The number of anilines is 1. The molecular formula is C30H31F3N4O5S. The maximum atomic E-state index is 14.2. The van der Waals surface area contributed by atoms with E-state index in [4.69, 9.17) is 4.74 Å². The topological polar surface area (TPSA) is 122 Å². The Kier molecular flexibility index (Phi) is 7.15. The summed E-state index contributed by atoms with van der Waals surface area (Å²) in [5, 5.41) is 9.83. The maximum absolute atomic E-state index is 14.2. The first-order valence-electron chi connectivity index (χ1n) is 14.0. The Morgan fingerprint density at radius 1 is 1.09 bits per heavy atom. The molecule has 2 aromatic carbocycles. The summed E-state index contributed by atoms with van der Waals surface area (Å²) in [5.41, 5.74) is 0.864. The van der Waals surface area contributed by atoms with E-state index in [1.807, 2.05) is 32.0 Å². The van der Waals surface area contributed by atoms with Gasteiger partial charge in [-0.1, -0.05) is 24.3 Å². The van der Waals surface area contributed by atoms with Crippen molar-refractivity contribution in [3.05, 3.63) is 65.2 Å². The monoisotopic (exact) mass is 616 g/mol. The quantitative estimate of drug-likeness (QED) is 0.419. The smallest absolute Gasteiger partial charge is 0.394 e. The highest BCUT2D eigenvalue weighted by Crippen LogP contribution is 2.61. The standard InChI is InChI=1S/C30H31F3N4O5S/c1-17-5-3-6-18(2)26(17)23-13-25-35-28(34-23)36-43(40,41)22-8-4-7-19(11-22)27(39)37(24-12-20(24)15-38)21(16-42-25)14-29(9-10-29)30(31,32)33/h3-8,11,13,20-21,24,38H,9-10,12,14-16H2,1-2H3,(H,34,35,36)/t20?,21-,24+/m1/s1. The number of sulfonamides is 1. The molecule has 13 heteroatoms. The summed E-state index contributed by atoms with van der Waals surface area (Å²) in [6, 6.07) is 10.9. The number of ether oxygens (including phenoxy) is 1. The Bertz CT molecular complexity index is 1670. The van der Waals surface area contributed by atoms with Gasteiger partial charge >= 0.3 is 6.18 Å². The number of aromatic nitrogens is 2. The predicted octanol–water partition coefficient (Wildman–Crippen LogP) is 4.88. The zero-order valence-electron chi connectivity index (χ0n) is 23.6. The fourth-order valence-electron chi connectivity index (χ4n) is 6.00. The summed E-state index contributed by atoms with van der Waals surface area (Å²) in [6.45, 7) is 3.19. The highest BCUT2D eigenvalue weighted by atomic mass is 32.2. The number of hydrogen-bond acceptors (Lipinski definition) is 7. The number of rotatable bonds is 5. The van der Waals surface area contributed by atoms with Crippen molar-refractivity contribution in [3.8, 4) is 17.1 Å². The second-order valence-electron chi connectivity index (χ2n) is 11.7. The maximum Gasteiger partial charge on any atom is 0.394 e. The summed E-state index contributed by atoms with van der Waals surface area (Å²) in [4.78, 5) is 23.8. The molecule has 2 fully saturated rings. The number of benzene rings is 2. The van der Waals surface area contributed by atoms with Gasteiger partial charge in [0.05, 0.1) is 22.0 Å². The number of aliphatic hydroxyl groups excluding tert-OH is 1. The molecule has 43 heavy (non-hydrogen) atoms. The minimum atomic E-state index is -4.47. The van der Waals surface area contributed by atoms with Gasteiger partial charge in [-0.3, -0.25) is 4.79 Å². The van der Waals surface area contributed by atoms with Crippen LogP contribution in [0.25, 0.3) is 11.3 Å². The second-order valence-corrected chi connectivity index (χ2v) is 13.4. The second kappa shape index (κ2) is 10.5. The average molecular weight is 617 g/mol. The van der Waals surface area contributed by atoms with E-state index >= 15 is 0 Å². The molecule has 0 spiro atoms. The van der Waals surface area contributed by atoms with Gasteiger partial charge in [-0.05, 0) is 68.9 Å². The fourth-order valence-corrected chi connectivity index (χ4v) is 6.99. The summed E-state index contributed by atoms with van der Waals surface area (Å²) >= 11 is 0. The minimum absolute atomic E-state index is 0.00332. The molecule has 2 aliphatic carbocycles. The lowest BCUT2D eigenvalue weighted by Crippen LogP contribution is -2.48. The van der Waals surface area contributed by atoms with Crippen LogP contribution in [0.2, 0.25) is 0 Å². The molecule has 4 bridgehead atoms. The van der Waals surface area contributed by atoms with E-state index in [2.05, 4.69) is 14.7 Å². The van der Waals surface area contributed by atoms with Crippen molar-refractivity contribution in [2.24, 2.45) is 11.3 Å². The number of fused-ring (bicyclic) bond motifs is 4. The fraction of sp³-hybridized carbons (Fsp3) is 0.433. The van der Waals surface area contributed by atoms with Crippen LogP contribution in [-0.2, 0) is 10.0 Å². The van der Waals surface area contributed by atoms with Gasteiger partial charge in [-0.2, -0.15) is 18.2 Å². The van der Waals surface area contributed by atoms with Gasteiger partial charge in [0.25, 0.3) is 15.9 Å². The van der Waals surface area contributed by atoms with Crippen LogP contribution in [0.15, 0.2) is 53.4 Å². The zero-order valence-corrected chi connectivity index (χ0v) is 24.4. The Morgan fingerprint density at radius 3 is 2.42 bits per heavy atom. The molecule has 3 aromatic rings. The molecule has 2 N–H and O–H groups in total. The van der Waals surface area contributed by atoms with Crippen LogP contribution in [-0.4, -0.2) is 65.8 Å². The van der Waals surface area contributed by atoms with E-state index in [9.17, 15) is 31.5 Å². The van der Waals surface area contributed by atoms with Gasteiger partial charge in [0.15, 0.2) is 0 Å². The van der Waals surface area contributed by atoms with Crippen LogP contribution in [0.1, 0.15) is 47.2 Å². The van der Waals surface area contributed by atoms with Crippen LogP contribution >= 0.6 is 0 Å². The molecule has 1 aromatic heterocycles. The van der Waals surface area contributed by atoms with Crippen LogP contribution in [0.3, 0.4) is 0 Å². The number of hydrogen-bond donors (Lipinski definition) is 2. The third kappa shape index (κ3) is 5.55. The van der Waals surface area contributed by atoms with Crippen molar-refractivity contribution in [2.75, 3.05) is 17.9 Å². The van der Waals surface area contributed by atoms with E-state index in [0.717, 1.165) is 16.7 Å². The first-order valence-corrected chi connectivity index (χ1v) is 15.5. The van der Waals surface area contributed by atoms with E-state index in [-0.39, 0.29) is 54.3 Å². The third-order valence-electron chi connectivity index (χ3n) is 8.67. The lowest BCUT2D eigenvalue weighted by Gasteiger charge is -2.35. The number of nitrogens with one attached hydrogen (secondary N) is 1. The van der Waals surface area contributed by atoms with Crippen LogP contribution in [0.5, 0.6) is 5.88 Å². The van der Waals surface area contributed by atoms with Crippen molar-refractivity contribution in [2.45, 2.75) is 62.7 Å². The number of aryl methyl sites for hydroxylation is 2. The number of halogens is 3. The summed E-state index contributed by atoms with van der Waals surface area (Å²) in [7, 11) is -4.28. The van der Waals surface area contributed by atoms with Crippen LogP contribution in [0.4, 0.5) is 19.1 Å². The van der Waals surface area contributed by atoms with Gasteiger partial charge < -0.3 is 14.7 Å². The molecule has 3 atom stereocenters. The Labute approximate surface area is 247 Å². The SMILES string of the molecule is Cc1cccc(C)c1-c1cc2nc(n1)NS(=O)(=O)c1cccc(c1)C(=O)N([C@H]1CC1CO)[C@H](CC1(C(F)(F)F)CC1)CO2. The van der Waals surface area contributed by atoms with Gasteiger partial charge in [0.2, 0.25) is 11.8 Å². The van der Waals surface area contributed by atoms with Crippen LogP contribution < -0.4 is 9.46 Å². The molecule has 1 amide bonds. The minimum Gasteiger partial charge on any atom is -0.475 e. The van der Waals surface area contributed by atoms with Gasteiger partial charge in [-0.25, -0.2) is 18.1 Å². The first kappa shape index (κ1) is 29.4. The average Bonchev–Trinajstić information content (AvgIpc) is 3.87. The Hall–Kier alpha value is -3.71. The number of carbonyl (C=O) groups is 1. The van der Waals surface area contributed by atoms with E-state index < -0.39 is 46.0 Å². The lowest BCUT2D eigenvalue weighted by atomic mass is 9.94. The summed E-state index contributed by atoms with van der Waals surface area (Å²) in [6.07, 6.45) is -4.58. The number of nitrogens with zero attached hydrogens (tertiary/aromatic N) is 3. The molecule has 6 rings (SSSR count). The van der Waals surface area contributed by atoms with Gasteiger partial charge in [0, 0.05) is 35.8 Å². The van der Waals surface area contributed by atoms with Crippen molar-refractivity contribution in [3.63, 3.8) is 0 Å². The van der Waals surface area contributed by atoms with E-state index in [0.29, 0.717) is 12.1 Å². The molecular weight excluding hydrogens is 585 g/mol. The number of amides is 1. The summed E-state index contributed by atoms with van der Waals surface area (Å²) in [5.74, 6) is -1.27. The molecule has 9 nitrogen and oxygen atoms in total. The molecule has 3 aliphatic rings. The van der Waals surface area contributed by atoms with Crippen molar-refractivity contribution < 1.29 is 36.2 Å². The zero-order chi connectivity index (χ0) is 30.7. The molecule has 0 radical (unpaired) electrons. The van der Waals surface area contributed by atoms with Crippen molar-refractivity contribution in [1.29, 1.82) is 0 Å². The van der Waals surface area contributed by atoms with E-state index in [1.54, 1.807) is 0 Å². The Morgan fingerprint density at radius 2 is 1.79 bits per heavy atom. The Balaban J connectivity index is 1.50. The highest BCUT2D eigenvalue weighted by Gasteiger charge is 2.64. The lowest BCUT2D eigenvalue weighted by molar-refractivity contribution is -0.193. The van der Waals surface area contributed by atoms with Gasteiger partial charge in [0.1, 0.15) is 6.61 Å². The largest absolute Gasteiger partial charge is 0.475 e. The third-order valence-corrected chi connectivity index (χ3v) is 9.99. The van der Waals surface area contributed by atoms with E-state index in [1.165, 1.54) is 35.2 Å². The number of aliphatic hydroxyl groups is 1. The van der Waals surface area contributed by atoms with Crippen molar-refractivity contribution >= 4 is 21.9 Å². The van der Waals surface area contributed by atoms with Crippen LogP contribution in [0, 0.1) is 25.2 Å². The summed E-state index contributed by atoms with van der Waals surface area (Å²) < 4.78 is 77.9. The molecule has 2 saturated carbocycles. The number of alkyl halides is 3. The highest BCUT2D eigenvalue weighted by molar-refractivity contribution is 7.92. The molecule has 1 aliphatic heterocycles.